The number of rotatable bonds is 3. The zero-order valence-corrected chi connectivity index (χ0v) is 15.1. The number of pyridine rings is 2. The van der Waals surface area contributed by atoms with E-state index in [1.165, 1.54) is 6.07 Å². The number of aromatic nitrogens is 5. The van der Waals surface area contributed by atoms with Crippen molar-refractivity contribution in [1.29, 1.82) is 0 Å². The number of nitrogens with zero attached hydrogens (tertiary/aromatic N) is 5. The van der Waals surface area contributed by atoms with Gasteiger partial charge in [0.1, 0.15) is 11.5 Å². The highest BCUT2D eigenvalue weighted by Crippen LogP contribution is 2.28. The molecular formula is C22H16FN5. The average molecular weight is 369 g/mol. The Balaban J connectivity index is 1.58. The lowest BCUT2D eigenvalue weighted by Gasteiger charge is -2.07. The molecule has 0 radical (unpaired) electrons. The molecule has 0 spiro atoms. The van der Waals surface area contributed by atoms with Gasteiger partial charge in [-0.25, -0.2) is 9.37 Å². The van der Waals surface area contributed by atoms with Gasteiger partial charge in [0.05, 0.1) is 23.8 Å². The molecule has 0 amide bonds. The molecular weight excluding hydrogens is 353 g/mol. The molecule has 0 bridgehead atoms. The first-order valence-corrected chi connectivity index (χ1v) is 8.86. The second-order valence-electron chi connectivity index (χ2n) is 6.60. The predicted octanol–water partition coefficient (Wildman–Crippen LogP) is 4.60. The maximum absolute atomic E-state index is 14.1. The first kappa shape index (κ1) is 16.4. The lowest BCUT2D eigenvalue weighted by molar-refractivity contribution is 0.631. The highest BCUT2D eigenvalue weighted by Gasteiger charge is 2.11. The van der Waals surface area contributed by atoms with Gasteiger partial charge in [-0.3, -0.25) is 14.1 Å². The van der Waals surface area contributed by atoms with Crippen LogP contribution in [0, 0.1) is 5.82 Å². The lowest BCUT2D eigenvalue weighted by Crippen LogP contribution is -1.92. The van der Waals surface area contributed by atoms with Crippen molar-refractivity contribution in [1.82, 2.24) is 24.1 Å². The molecule has 28 heavy (non-hydrogen) atoms. The van der Waals surface area contributed by atoms with Gasteiger partial charge in [-0.2, -0.15) is 5.10 Å². The van der Waals surface area contributed by atoms with Crippen molar-refractivity contribution < 1.29 is 4.39 Å². The third-order valence-corrected chi connectivity index (χ3v) is 4.76. The first-order chi connectivity index (χ1) is 13.7. The van der Waals surface area contributed by atoms with Gasteiger partial charge in [0.25, 0.3) is 0 Å². The lowest BCUT2D eigenvalue weighted by atomic mass is 10.1. The zero-order chi connectivity index (χ0) is 19.1. The molecule has 0 saturated heterocycles. The predicted molar refractivity (Wildman–Crippen MR) is 106 cm³/mol. The third-order valence-electron chi connectivity index (χ3n) is 4.76. The molecule has 0 atom stereocenters. The number of hydrogen-bond acceptors (Lipinski definition) is 3. The number of hydrogen-bond donors (Lipinski definition) is 0. The van der Waals surface area contributed by atoms with E-state index in [9.17, 15) is 4.39 Å². The van der Waals surface area contributed by atoms with Crippen LogP contribution in [0.1, 0.15) is 0 Å². The van der Waals surface area contributed by atoms with Crippen molar-refractivity contribution in [2.45, 2.75) is 0 Å². The Morgan fingerprint density at radius 3 is 2.61 bits per heavy atom. The minimum atomic E-state index is -0.286. The van der Waals surface area contributed by atoms with E-state index >= 15 is 0 Å². The van der Waals surface area contributed by atoms with Gasteiger partial charge < -0.3 is 0 Å². The molecule has 0 aliphatic carbocycles. The summed E-state index contributed by atoms with van der Waals surface area (Å²) < 4.78 is 17.9. The van der Waals surface area contributed by atoms with E-state index in [0.717, 1.165) is 28.0 Å². The second kappa shape index (κ2) is 6.42. The summed E-state index contributed by atoms with van der Waals surface area (Å²) in [5.41, 5.74) is 5.86. The minimum absolute atomic E-state index is 0.286. The Morgan fingerprint density at radius 1 is 0.893 bits per heavy atom. The van der Waals surface area contributed by atoms with Crippen molar-refractivity contribution >= 4 is 5.65 Å². The van der Waals surface area contributed by atoms with Gasteiger partial charge >= 0.3 is 0 Å². The Labute approximate surface area is 160 Å². The zero-order valence-electron chi connectivity index (χ0n) is 15.1. The number of aryl methyl sites for hydroxylation is 1. The molecule has 0 aliphatic rings. The van der Waals surface area contributed by atoms with E-state index in [1.54, 1.807) is 29.1 Å². The number of halogens is 1. The fraction of sp³-hybridized carbons (Fsp3) is 0.0455. The Hall–Kier alpha value is -3.80. The quantitative estimate of drug-likeness (QED) is 0.467. The molecule has 5 aromatic rings. The van der Waals surface area contributed by atoms with Crippen molar-refractivity contribution in [2.75, 3.05) is 0 Å². The van der Waals surface area contributed by atoms with E-state index in [4.69, 9.17) is 0 Å². The summed E-state index contributed by atoms with van der Waals surface area (Å²) in [4.78, 5) is 8.89. The maximum Gasteiger partial charge on any atom is 0.137 e. The Morgan fingerprint density at radius 2 is 1.79 bits per heavy atom. The normalized spacial score (nSPS) is 11.2. The van der Waals surface area contributed by atoms with Crippen LogP contribution in [0.3, 0.4) is 0 Å². The molecule has 136 valence electrons. The molecule has 4 heterocycles. The number of benzene rings is 1. The summed E-state index contributed by atoms with van der Waals surface area (Å²) >= 11 is 0. The fourth-order valence-corrected chi connectivity index (χ4v) is 3.35. The SMILES string of the molecule is Cn1cc(-c2ccn3c(-c4ccnc(-c5ccccc5F)c4)cnc3c2)cn1. The first-order valence-electron chi connectivity index (χ1n) is 8.86. The highest BCUT2D eigenvalue weighted by molar-refractivity contribution is 5.72. The fourth-order valence-electron chi connectivity index (χ4n) is 3.35. The summed E-state index contributed by atoms with van der Waals surface area (Å²) in [5, 5.41) is 4.22. The molecule has 0 N–H and O–H groups in total. The van der Waals surface area contributed by atoms with Gasteiger partial charge in [0, 0.05) is 42.3 Å². The smallest absolute Gasteiger partial charge is 0.137 e. The van der Waals surface area contributed by atoms with Crippen LogP contribution >= 0.6 is 0 Å². The second-order valence-corrected chi connectivity index (χ2v) is 6.60. The van der Waals surface area contributed by atoms with Gasteiger partial charge in [0.2, 0.25) is 0 Å². The van der Waals surface area contributed by atoms with Gasteiger partial charge in [-0.1, -0.05) is 12.1 Å². The molecule has 0 unspecified atom stereocenters. The molecule has 5 rings (SSSR count). The summed E-state index contributed by atoms with van der Waals surface area (Å²) in [6.45, 7) is 0. The van der Waals surface area contributed by atoms with E-state index in [-0.39, 0.29) is 5.82 Å². The van der Waals surface area contributed by atoms with Crippen LogP contribution in [0.2, 0.25) is 0 Å². The van der Waals surface area contributed by atoms with Crippen molar-refractivity contribution in [3.8, 4) is 33.6 Å². The summed E-state index contributed by atoms with van der Waals surface area (Å²) in [5.74, 6) is -0.286. The van der Waals surface area contributed by atoms with E-state index in [1.807, 2.05) is 60.5 Å². The van der Waals surface area contributed by atoms with Gasteiger partial charge in [0.15, 0.2) is 0 Å². The monoisotopic (exact) mass is 369 g/mol. The van der Waals surface area contributed by atoms with Crippen LogP contribution in [0.5, 0.6) is 0 Å². The van der Waals surface area contributed by atoms with E-state index < -0.39 is 0 Å². The van der Waals surface area contributed by atoms with Crippen LogP contribution in [-0.2, 0) is 7.05 Å². The largest absolute Gasteiger partial charge is 0.300 e. The van der Waals surface area contributed by atoms with Crippen LogP contribution in [-0.4, -0.2) is 24.1 Å². The number of fused-ring (bicyclic) bond motifs is 1. The topological polar surface area (TPSA) is 48.0 Å². The van der Waals surface area contributed by atoms with Crippen LogP contribution < -0.4 is 0 Å². The average Bonchev–Trinajstić information content (AvgIpc) is 3.34. The Bertz CT molecular complexity index is 1300. The van der Waals surface area contributed by atoms with Crippen molar-refractivity contribution in [3.63, 3.8) is 0 Å². The molecule has 0 aliphatic heterocycles. The van der Waals surface area contributed by atoms with Gasteiger partial charge in [-0.05, 0) is 42.0 Å². The minimum Gasteiger partial charge on any atom is -0.300 e. The molecule has 0 fully saturated rings. The maximum atomic E-state index is 14.1. The van der Waals surface area contributed by atoms with Crippen molar-refractivity contribution in [2.24, 2.45) is 7.05 Å². The van der Waals surface area contributed by atoms with Crippen molar-refractivity contribution in [3.05, 3.63) is 85.3 Å². The molecule has 4 aromatic heterocycles. The van der Waals surface area contributed by atoms with Crippen LogP contribution in [0.15, 0.2) is 79.5 Å². The van der Waals surface area contributed by atoms with E-state index in [0.29, 0.717) is 11.3 Å². The molecule has 0 saturated carbocycles. The summed E-state index contributed by atoms with van der Waals surface area (Å²) in [7, 11) is 1.90. The van der Waals surface area contributed by atoms with Crippen LogP contribution in [0.4, 0.5) is 4.39 Å². The third kappa shape index (κ3) is 2.75. The Kier molecular flexibility index (Phi) is 3.76. The highest BCUT2D eigenvalue weighted by atomic mass is 19.1. The standard InChI is InChI=1S/C22H16FN5/c1-27-14-17(12-26-27)15-7-9-28-21(13-25-22(28)11-15)16-6-8-24-20(10-16)18-4-2-3-5-19(18)23/h2-14H,1H3. The summed E-state index contributed by atoms with van der Waals surface area (Å²) in [6, 6.07) is 14.5. The van der Waals surface area contributed by atoms with Gasteiger partial charge in [-0.15, -0.1) is 0 Å². The van der Waals surface area contributed by atoms with Crippen LogP contribution in [0.25, 0.3) is 39.3 Å². The number of imidazole rings is 1. The summed E-state index contributed by atoms with van der Waals surface area (Å²) in [6.07, 6.45) is 9.31. The molecule has 1 aromatic carbocycles. The molecule has 5 nitrogen and oxygen atoms in total. The van der Waals surface area contributed by atoms with E-state index in [2.05, 4.69) is 15.1 Å². The molecule has 6 heteroatoms.